The second-order valence-corrected chi connectivity index (χ2v) is 5.89. The Morgan fingerprint density at radius 1 is 0.773 bits per heavy atom. The van der Waals surface area contributed by atoms with Crippen LogP contribution in [0.2, 0.25) is 0 Å². The van der Waals surface area contributed by atoms with E-state index in [1.807, 2.05) is 27.7 Å². The van der Waals surface area contributed by atoms with Crippen LogP contribution in [0.5, 0.6) is 0 Å². The number of piperazine rings is 2. The van der Waals surface area contributed by atoms with Gasteiger partial charge >= 0.3 is 0 Å². The largest absolute Gasteiger partial charge is 0.314 e. The van der Waals surface area contributed by atoms with Crippen LogP contribution >= 0.6 is 0 Å². The van der Waals surface area contributed by atoms with Crippen LogP contribution in [0.25, 0.3) is 0 Å². The van der Waals surface area contributed by atoms with Gasteiger partial charge in [-0.25, -0.2) is 0 Å². The molecule has 0 aromatic heterocycles. The van der Waals surface area contributed by atoms with Crippen LogP contribution in [-0.2, 0) is 0 Å². The predicted molar refractivity (Wildman–Crippen MR) is 102 cm³/mol. The summed E-state index contributed by atoms with van der Waals surface area (Å²) in [4.78, 5) is 2.50. The van der Waals surface area contributed by atoms with E-state index in [9.17, 15) is 0 Å². The van der Waals surface area contributed by atoms with Gasteiger partial charge < -0.3 is 16.0 Å². The maximum absolute atomic E-state index is 3.46. The second-order valence-electron chi connectivity index (χ2n) is 5.89. The van der Waals surface area contributed by atoms with Crippen molar-refractivity contribution in [2.24, 2.45) is 5.92 Å². The maximum Gasteiger partial charge on any atom is 0.0215 e. The molecule has 2 heterocycles. The minimum absolute atomic E-state index is 0.693. The monoisotopic (exact) mass is 316 g/mol. The molecule has 1 atom stereocenters. The summed E-state index contributed by atoms with van der Waals surface area (Å²) in [7, 11) is 0. The van der Waals surface area contributed by atoms with Gasteiger partial charge in [-0.05, 0) is 19.8 Å². The number of nitrogens with one attached hydrogen (secondary N) is 3. The average Bonchev–Trinajstić information content (AvgIpc) is 2.60. The zero-order chi connectivity index (χ0) is 17.4. The predicted octanol–water partition coefficient (Wildman–Crippen LogP) is 2.56. The summed E-state index contributed by atoms with van der Waals surface area (Å²) < 4.78 is 0. The Bertz CT molecular complexity index is 173. The van der Waals surface area contributed by atoms with Crippen molar-refractivity contribution in [1.29, 1.82) is 0 Å². The van der Waals surface area contributed by atoms with E-state index in [2.05, 4.69) is 48.5 Å². The van der Waals surface area contributed by atoms with E-state index in [0.717, 1.165) is 44.7 Å². The molecule has 0 bridgehead atoms. The van der Waals surface area contributed by atoms with Crippen molar-refractivity contribution in [3.05, 3.63) is 0 Å². The van der Waals surface area contributed by atoms with E-state index in [1.54, 1.807) is 0 Å². The molecule has 0 aliphatic carbocycles. The van der Waals surface area contributed by atoms with Gasteiger partial charge in [0.15, 0.2) is 0 Å². The van der Waals surface area contributed by atoms with Crippen LogP contribution in [-0.4, -0.2) is 62.8 Å². The fourth-order valence-corrected chi connectivity index (χ4v) is 2.35. The van der Waals surface area contributed by atoms with E-state index in [4.69, 9.17) is 0 Å². The minimum atomic E-state index is 0.693. The molecular weight excluding hydrogens is 272 g/mol. The van der Waals surface area contributed by atoms with Crippen molar-refractivity contribution in [2.45, 2.75) is 67.5 Å². The van der Waals surface area contributed by atoms with Crippen molar-refractivity contribution < 1.29 is 0 Å². The molecule has 0 saturated carbocycles. The summed E-state index contributed by atoms with van der Waals surface area (Å²) in [5.41, 5.74) is 0. The third kappa shape index (κ3) is 12.4. The molecule has 2 rings (SSSR count). The summed E-state index contributed by atoms with van der Waals surface area (Å²) in [5, 5.41) is 10.1. The first-order chi connectivity index (χ1) is 10.6. The van der Waals surface area contributed by atoms with E-state index >= 15 is 0 Å². The minimum Gasteiger partial charge on any atom is -0.314 e. The van der Waals surface area contributed by atoms with Crippen LogP contribution < -0.4 is 16.0 Å². The molecule has 3 N–H and O–H groups in total. The first kappa shape index (κ1) is 24.1. The van der Waals surface area contributed by atoms with Gasteiger partial charge in [-0.2, -0.15) is 0 Å². The Morgan fingerprint density at radius 3 is 1.59 bits per heavy atom. The van der Waals surface area contributed by atoms with Gasteiger partial charge in [0.2, 0.25) is 0 Å². The fraction of sp³-hybridized carbons (Fsp3) is 1.00. The van der Waals surface area contributed by atoms with Crippen LogP contribution in [0.15, 0.2) is 0 Å². The topological polar surface area (TPSA) is 39.3 Å². The lowest BCUT2D eigenvalue weighted by Gasteiger charge is -2.30. The lowest BCUT2D eigenvalue weighted by atomic mass is 10.0. The van der Waals surface area contributed by atoms with Crippen LogP contribution in [0.4, 0.5) is 0 Å². The quantitative estimate of drug-likeness (QED) is 0.732. The fourth-order valence-electron chi connectivity index (χ4n) is 2.35. The lowest BCUT2D eigenvalue weighted by Crippen LogP contribution is -2.50. The van der Waals surface area contributed by atoms with Gasteiger partial charge in [0.1, 0.15) is 0 Å². The van der Waals surface area contributed by atoms with Crippen molar-refractivity contribution >= 4 is 0 Å². The average molecular weight is 317 g/mol. The van der Waals surface area contributed by atoms with Crippen molar-refractivity contribution in [1.82, 2.24) is 20.9 Å². The molecule has 22 heavy (non-hydrogen) atoms. The molecule has 2 aliphatic rings. The Balaban J connectivity index is 0. The first-order valence-electron chi connectivity index (χ1n) is 9.50. The summed E-state index contributed by atoms with van der Waals surface area (Å²) >= 11 is 0. The highest BCUT2D eigenvalue weighted by Gasteiger charge is 2.14. The van der Waals surface area contributed by atoms with Gasteiger partial charge in [-0.1, -0.05) is 41.5 Å². The molecule has 0 amide bonds. The molecule has 4 heteroatoms. The molecule has 2 saturated heterocycles. The third-order valence-electron chi connectivity index (χ3n) is 3.76. The first-order valence-corrected chi connectivity index (χ1v) is 9.50. The molecule has 1 unspecified atom stereocenters. The highest BCUT2D eigenvalue weighted by atomic mass is 15.2. The lowest BCUT2D eigenvalue weighted by molar-refractivity contribution is 0.196. The molecule has 0 spiro atoms. The number of nitrogens with zero attached hydrogens (tertiary/aromatic N) is 1. The SMILES string of the molecule is CC.CC.CC(C)C1CNCCN1.CC(C)N1CCNCC1. The molecule has 2 fully saturated rings. The van der Waals surface area contributed by atoms with Gasteiger partial charge in [0, 0.05) is 57.9 Å². The Labute approximate surface area is 140 Å². The number of rotatable bonds is 2. The highest BCUT2D eigenvalue weighted by Crippen LogP contribution is 2.01. The molecule has 2 aliphatic heterocycles. The maximum atomic E-state index is 3.46. The van der Waals surface area contributed by atoms with Crippen molar-refractivity contribution in [3.8, 4) is 0 Å². The summed E-state index contributed by atoms with van der Waals surface area (Å²) in [6.07, 6.45) is 0. The summed E-state index contributed by atoms with van der Waals surface area (Å²) in [5.74, 6) is 0.762. The van der Waals surface area contributed by atoms with Crippen LogP contribution in [0.1, 0.15) is 55.4 Å². The smallest absolute Gasteiger partial charge is 0.0215 e. The van der Waals surface area contributed by atoms with Gasteiger partial charge in [0.25, 0.3) is 0 Å². The Kier molecular flexibility index (Phi) is 18.8. The van der Waals surface area contributed by atoms with Gasteiger partial charge in [-0.15, -0.1) is 0 Å². The zero-order valence-electron chi connectivity index (χ0n) is 16.6. The van der Waals surface area contributed by atoms with E-state index in [-0.39, 0.29) is 0 Å². The Hall–Kier alpha value is -0.160. The molecule has 4 nitrogen and oxygen atoms in total. The Morgan fingerprint density at radius 2 is 1.32 bits per heavy atom. The molecule has 0 aromatic rings. The number of hydrogen-bond donors (Lipinski definition) is 3. The molecular formula is C18H44N4. The van der Waals surface area contributed by atoms with Crippen LogP contribution in [0, 0.1) is 5.92 Å². The van der Waals surface area contributed by atoms with E-state index in [0.29, 0.717) is 6.04 Å². The van der Waals surface area contributed by atoms with Crippen LogP contribution in [0.3, 0.4) is 0 Å². The normalized spacial score (nSPS) is 21.8. The highest BCUT2D eigenvalue weighted by molar-refractivity contribution is 4.77. The number of hydrogen-bond acceptors (Lipinski definition) is 4. The standard InChI is InChI=1S/2C7H16N2.2C2H6/c1-7(2)9-5-3-8-4-6-9;1-6(2)7-5-8-3-4-9-7;2*1-2/h7-8H,3-6H2,1-2H3;6-9H,3-5H2,1-2H3;2*1-2H3. The van der Waals surface area contributed by atoms with Gasteiger partial charge in [-0.3, -0.25) is 4.90 Å². The van der Waals surface area contributed by atoms with Gasteiger partial charge in [0.05, 0.1) is 0 Å². The van der Waals surface area contributed by atoms with E-state index in [1.165, 1.54) is 13.1 Å². The van der Waals surface area contributed by atoms with E-state index < -0.39 is 0 Å². The summed E-state index contributed by atoms with van der Waals surface area (Å²) in [6, 6.07) is 1.42. The zero-order valence-corrected chi connectivity index (χ0v) is 16.6. The van der Waals surface area contributed by atoms with Crippen molar-refractivity contribution in [2.75, 3.05) is 45.8 Å². The third-order valence-corrected chi connectivity index (χ3v) is 3.76. The molecule has 0 radical (unpaired) electrons. The summed E-state index contributed by atoms with van der Waals surface area (Å²) in [6.45, 7) is 25.2. The molecule has 0 aromatic carbocycles. The second kappa shape index (κ2) is 17.2. The molecule has 136 valence electrons. The van der Waals surface area contributed by atoms with Crippen molar-refractivity contribution in [3.63, 3.8) is 0 Å².